The van der Waals surface area contributed by atoms with E-state index < -0.39 is 0 Å². The third kappa shape index (κ3) is 4.55. The summed E-state index contributed by atoms with van der Waals surface area (Å²) in [5.41, 5.74) is 2.01. The smallest absolute Gasteiger partial charge is 0.223 e. The highest BCUT2D eigenvalue weighted by Gasteiger charge is 2.14. The number of benzene rings is 1. The van der Waals surface area contributed by atoms with E-state index >= 15 is 0 Å². The lowest BCUT2D eigenvalue weighted by atomic mass is 10.0. The van der Waals surface area contributed by atoms with Gasteiger partial charge in [0.1, 0.15) is 10.8 Å². The van der Waals surface area contributed by atoms with Crippen LogP contribution in [0.3, 0.4) is 0 Å². The van der Waals surface area contributed by atoms with Crippen molar-refractivity contribution in [1.29, 1.82) is 0 Å². The number of ether oxygens (including phenoxy) is 1. The van der Waals surface area contributed by atoms with Crippen LogP contribution in [0.25, 0.3) is 10.6 Å². The number of para-hydroxylation sites is 1. The molecule has 0 atom stereocenters. The fourth-order valence-electron chi connectivity index (χ4n) is 2.48. The zero-order valence-electron chi connectivity index (χ0n) is 14.0. The first-order valence-electron chi connectivity index (χ1n) is 8.05. The quantitative estimate of drug-likeness (QED) is 0.797. The van der Waals surface area contributed by atoms with Crippen LogP contribution in [0, 0.1) is 5.92 Å². The molecule has 0 aliphatic carbocycles. The monoisotopic (exact) mass is 332 g/mol. The average Bonchev–Trinajstić information content (AvgIpc) is 3.04. The number of amides is 1. The van der Waals surface area contributed by atoms with Gasteiger partial charge in [-0.3, -0.25) is 4.79 Å². The average molecular weight is 332 g/mol. The molecular weight excluding hydrogens is 308 g/mol. The summed E-state index contributed by atoms with van der Waals surface area (Å²) >= 11 is 1.60. The number of carbonyl (C=O) groups excluding carboxylic acids is 1. The maximum absolute atomic E-state index is 12.0. The lowest BCUT2D eigenvalue weighted by Gasteiger charge is -2.12. The molecule has 124 valence electrons. The van der Waals surface area contributed by atoms with Gasteiger partial charge in [0.15, 0.2) is 0 Å². The summed E-state index contributed by atoms with van der Waals surface area (Å²) < 4.78 is 5.38. The number of rotatable bonds is 8. The van der Waals surface area contributed by atoms with Gasteiger partial charge in [0.2, 0.25) is 5.91 Å². The highest BCUT2D eigenvalue weighted by molar-refractivity contribution is 7.13. The molecule has 0 bridgehead atoms. The molecule has 5 heteroatoms. The van der Waals surface area contributed by atoms with Crippen LogP contribution < -0.4 is 10.1 Å². The van der Waals surface area contributed by atoms with Gasteiger partial charge in [0, 0.05) is 24.3 Å². The second-order valence-corrected chi connectivity index (χ2v) is 6.26. The molecule has 2 rings (SSSR count). The minimum atomic E-state index is 0.120. The van der Waals surface area contributed by atoms with Gasteiger partial charge in [-0.2, -0.15) is 0 Å². The third-order valence-electron chi connectivity index (χ3n) is 3.93. The summed E-state index contributed by atoms with van der Waals surface area (Å²) in [5.74, 6) is 1.10. The van der Waals surface area contributed by atoms with E-state index in [2.05, 4.69) is 10.3 Å². The normalized spacial score (nSPS) is 10.8. The predicted molar refractivity (Wildman–Crippen MR) is 94.9 cm³/mol. The van der Waals surface area contributed by atoms with E-state index in [9.17, 15) is 4.79 Å². The Balaban J connectivity index is 1.94. The summed E-state index contributed by atoms with van der Waals surface area (Å²) in [6.07, 6.45) is 2.52. The Morgan fingerprint density at radius 2 is 2.04 bits per heavy atom. The fraction of sp³-hybridized carbons (Fsp3) is 0.444. The van der Waals surface area contributed by atoms with Crippen LogP contribution in [0.5, 0.6) is 5.75 Å². The molecule has 1 amide bonds. The first kappa shape index (κ1) is 17.5. The highest BCUT2D eigenvalue weighted by atomic mass is 32.1. The largest absolute Gasteiger partial charge is 0.496 e. The molecule has 4 nitrogen and oxygen atoms in total. The van der Waals surface area contributed by atoms with Crippen molar-refractivity contribution < 1.29 is 9.53 Å². The van der Waals surface area contributed by atoms with Gasteiger partial charge in [-0.25, -0.2) is 4.98 Å². The first-order chi connectivity index (χ1) is 11.2. The summed E-state index contributed by atoms with van der Waals surface area (Å²) in [6.45, 7) is 4.73. The van der Waals surface area contributed by atoms with Gasteiger partial charge in [-0.05, 0) is 25.0 Å². The van der Waals surface area contributed by atoms with Gasteiger partial charge in [-0.1, -0.05) is 26.0 Å². The number of carbonyl (C=O) groups is 1. The zero-order valence-corrected chi connectivity index (χ0v) is 14.8. The molecule has 0 saturated heterocycles. The lowest BCUT2D eigenvalue weighted by Crippen LogP contribution is -2.31. The second kappa shape index (κ2) is 8.67. The molecule has 0 aliphatic rings. The Kier molecular flexibility index (Phi) is 6.59. The topological polar surface area (TPSA) is 51.2 Å². The Labute approximate surface area is 141 Å². The van der Waals surface area contributed by atoms with E-state index in [0.29, 0.717) is 6.54 Å². The summed E-state index contributed by atoms with van der Waals surface area (Å²) in [6, 6.07) is 7.88. The number of aromatic nitrogens is 1. The molecule has 0 fully saturated rings. The van der Waals surface area contributed by atoms with Crippen LogP contribution >= 0.6 is 11.3 Å². The van der Waals surface area contributed by atoms with Gasteiger partial charge >= 0.3 is 0 Å². The first-order valence-corrected chi connectivity index (χ1v) is 8.93. The van der Waals surface area contributed by atoms with Crippen molar-refractivity contribution in [1.82, 2.24) is 10.3 Å². The second-order valence-electron chi connectivity index (χ2n) is 5.40. The molecule has 1 aromatic carbocycles. The van der Waals surface area contributed by atoms with Crippen molar-refractivity contribution >= 4 is 17.2 Å². The van der Waals surface area contributed by atoms with Crippen molar-refractivity contribution in [2.24, 2.45) is 5.92 Å². The molecule has 1 aromatic heterocycles. The molecule has 2 aromatic rings. The molecule has 0 radical (unpaired) electrons. The fourth-order valence-corrected chi connectivity index (χ4v) is 3.37. The predicted octanol–water partition coefficient (Wildman–Crippen LogP) is 3.91. The highest BCUT2D eigenvalue weighted by Crippen LogP contribution is 2.31. The van der Waals surface area contributed by atoms with Crippen LogP contribution in [0.4, 0.5) is 0 Å². The van der Waals surface area contributed by atoms with E-state index in [1.807, 2.05) is 43.5 Å². The Bertz CT molecular complexity index is 635. The minimum Gasteiger partial charge on any atom is -0.496 e. The number of nitrogens with zero attached hydrogens (tertiary/aromatic N) is 1. The Morgan fingerprint density at radius 1 is 1.30 bits per heavy atom. The van der Waals surface area contributed by atoms with Crippen molar-refractivity contribution in [3.05, 3.63) is 35.3 Å². The zero-order chi connectivity index (χ0) is 16.7. The lowest BCUT2D eigenvalue weighted by molar-refractivity contribution is -0.125. The Morgan fingerprint density at radius 3 is 2.74 bits per heavy atom. The van der Waals surface area contributed by atoms with Crippen LogP contribution in [0.2, 0.25) is 0 Å². The van der Waals surface area contributed by atoms with Gasteiger partial charge < -0.3 is 10.1 Å². The van der Waals surface area contributed by atoms with E-state index in [0.717, 1.165) is 41.3 Å². The van der Waals surface area contributed by atoms with Crippen molar-refractivity contribution in [2.75, 3.05) is 13.7 Å². The van der Waals surface area contributed by atoms with E-state index in [1.165, 1.54) is 0 Å². The van der Waals surface area contributed by atoms with Crippen molar-refractivity contribution in [3.8, 4) is 16.3 Å². The number of nitrogens with one attached hydrogen (secondary N) is 1. The maximum Gasteiger partial charge on any atom is 0.223 e. The molecule has 1 N–H and O–H groups in total. The van der Waals surface area contributed by atoms with Gasteiger partial charge in [0.05, 0.1) is 18.4 Å². The van der Waals surface area contributed by atoms with Gasteiger partial charge in [-0.15, -0.1) is 11.3 Å². The Hall–Kier alpha value is -1.88. The SMILES string of the molecule is CCC(CC)C(=O)NCCc1csc(-c2ccccc2OC)n1. The third-order valence-corrected chi connectivity index (χ3v) is 4.85. The summed E-state index contributed by atoms with van der Waals surface area (Å²) in [7, 11) is 1.67. The van der Waals surface area contributed by atoms with Crippen LogP contribution in [0.15, 0.2) is 29.6 Å². The molecule has 0 spiro atoms. The standard InChI is InChI=1S/C18H24N2O2S/c1-4-13(5-2)17(21)19-11-10-14-12-23-18(20-14)15-8-6-7-9-16(15)22-3/h6-9,12-13H,4-5,10-11H2,1-3H3,(H,19,21). The molecular formula is C18H24N2O2S. The molecule has 0 unspecified atom stereocenters. The van der Waals surface area contributed by atoms with E-state index in [-0.39, 0.29) is 11.8 Å². The summed E-state index contributed by atoms with van der Waals surface area (Å²) in [5, 5.41) is 6.00. The van der Waals surface area contributed by atoms with Crippen LogP contribution in [-0.2, 0) is 11.2 Å². The summed E-state index contributed by atoms with van der Waals surface area (Å²) in [4.78, 5) is 16.6. The van der Waals surface area contributed by atoms with E-state index in [4.69, 9.17) is 4.74 Å². The minimum absolute atomic E-state index is 0.120. The van der Waals surface area contributed by atoms with Crippen molar-refractivity contribution in [2.45, 2.75) is 33.1 Å². The van der Waals surface area contributed by atoms with E-state index in [1.54, 1.807) is 18.4 Å². The molecule has 1 heterocycles. The number of hydrogen-bond acceptors (Lipinski definition) is 4. The number of hydrogen-bond donors (Lipinski definition) is 1. The van der Waals surface area contributed by atoms with Crippen molar-refractivity contribution in [3.63, 3.8) is 0 Å². The van der Waals surface area contributed by atoms with Crippen LogP contribution in [-0.4, -0.2) is 24.5 Å². The maximum atomic E-state index is 12.0. The number of thiazole rings is 1. The number of methoxy groups -OCH3 is 1. The molecule has 23 heavy (non-hydrogen) atoms. The molecule has 0 saturated carbocycles. The van der Waals surface area contributed by atoms with Gasteiger partial charge in [0.25, 0.3) is 0 Å². The molecule has 0 aliphatic heterocycles. The van der Waals surface area contributed by atoms with Crippen LogP contribution in [0.1, 0.15) is 32.4 Å².